The second-order valence-corrected chi connectivity index (χ2v) is 11.0. The van der Waals surface area contributed by atoms with Gasteiger partial charge in [0, 0.05) is 17.6 Å². The van der Waals surface area contributed by atoms with Crippen LogP contribution in [-0.4, -0.2) is 50.0 Å². The number of hydrogen-bond donors (Lipinski definition) is 1. The molecule has 7 nitrogen and oxygen atoms in total. The molecule has 2 aromatic carbocycles. The minimum atomic E-state index is -3.77. The van der Waals surface area contributed by atoms with Gasteiger partial charge in [-0.15, -0.1) is 0 Å². The maximum Gasteiger partial charge on any atom is 0.244 e. The first-order valence-electron chi connectivity index (χ1n) is 11.2. The summed E-state index contributed by atoms with van der Waals surface area (Å²) in [5.41, 5.74) is 2.91. The van der Waals surface area contributed by atoms with Crippen LogP contribution in [0.25, 0.3) is 0 Å². The molecule has 0 heterocycles. The Hall–Kier alpha value is -2.58. The first kappa shape index (κ1) is 27.7. The lowest BCUT2D eigenvalue weighted by Crippen LogP contribution is -2.52. The highest BCUT2D eigenvalue weighted by Gasteiger charge is 2.31. The van der Waals surface area contributed by atoms with Crippen molar-refractivity contribution in [2.75, 3.05) is 17.1 Å². The third-order valence-electron chi connectivity index (χ3n) is 5.96. The van der Waals surface area contributed by atoms with E-state index < -0.39 is 28.5 Å². The topological polar surface area (TPSA) is 86.8 Å². The first-order chi connectivity index (χ1) is 15.8. The molecule has 186 valence electrons. The average Bonchev–Trinajstić information content (AvgIpc) is 2.77. The Bertz CT molecular complexity index is 1120. The number of nitrogens with zero attached hydrogens (tertiary/aromatic N) is 2. The summed E-state index contributed by atoms with van der Waals surface area (Å²) in [6, 6.07) is 11.4. The molecule has 0 aliphatic heterocycles. The van der Waals surface area contributed by atoms with E-state index in [-0.39, 0.29) is 18.5 Å². The number of rotatable bonds is 10. The average molecular weight is 508 g/mol. The van der Waals surface area contributed by atoms with Gasteiger partial charge in [0.05, 0.1) is 11.9 Å². The van der Waals surface area contributed by atoms with Crippen LogP contribution in [0.4, 0.5) is 5.69 Å². The summed E-state index contributed by atoms with van der Waals surface area (Å²) in [5, 5.41) is 3.46. The zero-order valence-corrected chi connectivity index (χ0v) is 22.2. The van der Waals surface area contributed by atoms with Crippen LogP contribution in [0.15, 0.2) is 42.5 Å². The Balaban J connectivity index is 2.42. The predicted molar refractivity (Wildman–Crippen MR) is 137 cm³/mol. The summed E-state index contributed by atoms with van der Waals surface area (Å²) in [5.74, 6) is -0.776. The molecule has 0 bridgehead atoms. The maximum absolute atomic E-state index is 13.6. The van der Waals surface area contributed by atoms with Crippen LogP contribution in [0.3, 0.4) is 0 Å². The Morgan fingerprint density at radius 2 is 1.68 bits per heavy atom. The van der Waals surface area contributed by atoms with Gasteiger partial charge in [-0.2, -0.15) is 0 Å². The van der Waals surface area contributed by atoms with Gasteiger partial charge in [-0.3, -0.25) is 13.9 Å². The quantitative estimate of drug-likeness (QED) is 0.525. The van der Waals surface area contributed by atoms with Crippen LogP contribution < -0.4 is 9.62 Å². The van der Waals surface area contributed by atoms with Crippen LogP contribution >= 0.6 is 11.6 Å². The molecule has 2 atom stereocenters. The number of sulfonamides is 1. The number of halogens is 1. The Labute approximate surface area is 208 Å². The summed E-state index contributed by atoms with van der Waals surface area (Å²) < 4.78 is 26.5. The molecule has 2 aromatic rings. The summed E-state index contributed by atoms with van der Waals surface area (Å²) >= 11 is 5.99. The molecule has 0 aliphatic carbocycles. The molecule has 0 unspecified atom stereocenters. The number of aryl methyl sites for hydroxylation is 1. The Morgan fingerprint density at radius 1 is 1.06 bits per heavy atom. The van der Waals surface area contributed by atoms with Crippen LogP contribution in [0.5, 0.6) is 0 Å². The molecule has 1 N–H and O–H groups in total. The number of benzene rings is 2. The minimum absolute atomic E-state index is 0.0510. The van der Waals surface area contributed by atoms with Gasteiger partial charge < -0.3 is 10.2 Å². The molecular weight excluding hydrogens is 474 g/mol. The molecule has 0 radical (unpaired) electrons. The van der Waals surface area contributed by atoms with Gasteiger partial charge in [0.25, 0.3) is 0 Å². The van der Waals surface area contributed by atoms with Gasteiger partial charge in [0.15, 0.2) is 0 Å². The summed E-state index contributed by atoms with van der Waals surface area (Å²) in [6.07, 6.45) is 1.82. The molecule has 0 aliphatic rings. The van der Waals surface area contributed by atoms with Crippen molar-refractivity contribution < 1.29 is 18.0 Å². The van der Waals surface area contributed by atoms with E-state index in [4.69, 9.17) is 11.6 Å². The standard InChI is InChI=1S/C25H34ClN3O4S/c1-7-18(3)27-25(31)20(5)28(15-21-11-13-22(26)14-12-21)24(30)16-29(34(6,32)33)23-10-8-9-17(2)19(23)4/h8-14,18,20H,7,15-16H2,1-6H3,(H,27,31)/t18-,20+/m1/s1. The zero-order chi connectivity index (χ0) is 25.6. The summed E-state index contributed by atoms with van der Waals surface area (Å²) in [4.78, 5) is 27.9. The minimum Gasteiger partial charge on any atom is -0.352 e. The van der Waals surface area contributed by atoms with Crippen molar-refractivity contribution in [2.45, 2.75) is 59.7 Å². The number of anilines is 1. The Kier molecular flexibility index (Phi) is 9.53. The lowest BCUT2D eigenvalue weighted by atomic mass is 10.1. The fourth-order valence-electron chi connectivity index (χ4n) is 3.44. The van der Waals surface area contributed by atoms with E-state index in [0.717, 1.165) is 33.7 Å². The van der Waals surface area contributed by atoms with Gasteiger partial charge in [0.1, 0.15) is 12.6 Å². The van der Waals surface area contributed by atoms with Crippen LogP contribution in [0.1, 0.15) is 43.9 Å². The van der Waals surface area contributed by atoms with Crippen molar-refractivity contribution in [2.24, 2.45) is 0 Å². The molecule has 0 fully saturated rings. The van der Waals surface area contributed by atoms with Gasteiger partial charge >= 0.3 is 0 Å². The highest BCUT2D eigenvalue weighted by Crippen LogP contribution is 2.25. The highest BCUT2D eigenvalue weighted by atomic mass is 35.5. The molecule has 0 saturated carbocycles. The summed E-state index contributed by atoms with van der Waals surface area (Å²) in [7, 11) is -3.77. The molecule has 2 amide bonds. The van der Waals surface area contributed by atoms with E-state index in [2.05, 4.69) is 5.32 Å². The fourth-order valence-corrected chi connectivity index (χ4v) is 4.46. The van der Waals surface area contributed by atoms with E-state index in [1.165, 1.54) is 4.90 Å². The van der Waals surface area contributed by atoms with Crippen LogP contribution in [0.2, 0.25) is 5.02 Å². The number of carbonyl (C=O) groups excluding carboxylic acids is 2. The monoisotopic (exact) mass is 507 g/mol. The van der Waals surface area contributed by atoms with E-state index in [1.54, 1.807) is 43.3 Å². The molecule has 34 heavy (non-hydrogen) atoms. The van der Waals surface area contributed by atoms with Gasteiger partial charge in [0.2, 0.25) is 21.8 Å². The fraction of sp³-hybridized carbons (Fsp3) is 0.440. The Morgan fingerprint density at radius 3 is 2.24 bits per heavy atom. The van der Waals surface area contributed by atoms with E-state index in [9.17, 15) is 18.0 Å². The second kappa shape index (κ2) is 11.7. The maximum atomic E-state index is 13.6. The van der Waals surface area contributed by atoms with Gasteiger partial charge in [-0.05, 0) is 69.0 Å². The van der Waals surface area contributed by atoms with E-state index in [1.807, 2.05) is 33.8 Å². The van der Waals surface area contributed by atoms with Crippen LogP contribution in [0, 0.1) is 13.8 Å². The second-order valence-electron chi connectivity index (χ2n) is 8.63. The lowest BCUT2D eigenvalue weighted by molar-refractivity contribution is -0.139. The number of amides is 2. The third-order valence-corrected chi connectivity index (χ3v) is 7.34. The zero-order valence-electron chi connectivity index (χ0n) is 20.6. The van der Waals surface area contributed by atoms with Crippen LogP contribution in [-0.2, 0) is 26.2 Å². The highest BCUT2D eigenvalue weighted by molar-refractivity contribution is 7.92. The number of carbonyl (C=O) groups is 2. The molecule has 0 saturated heterocycles. The van der Waals surface area contributed by atoms with Crippen molar-refractivity contribution in [3.05, 3.63) is 64.2 Å². The lowest BCUT2D eigenvalue weighted by Gasteiger charge is -2.32. The number of hydrogen-bond acceptors (Lipinski definition) is 4. The smallest absolute Gasteiger partial charge is 0.244 e. The molecule has 0 spiro atoms. The van der Waals surface area contributed by atoms with E-state index in [0.29, 0.717) is 10.7 Å². The predicted octanol–water partition coefficient (Wildman–Crippen LogP) is 4.05. The largest absolute Gasteiger partial charge is 0.352 e. The molecular formula is C25H34ClN3O4S. The number of nitrogens with one attached hydrogen (secondary N) is 1. The molecule has 2 rings (SSSR count). The van der Waals surface area contributed by atoms with Crippen molar-refractivity contribution in [3.8, 4) is 0 Å². The van der Waals surface area contributed by atoms with Crippen molar-refractivity contribution in [1.29, 1.82) is 0 Å². The van der Waals surface area contributed by atoms with Crippen molar-refractivity contribution in [3.63, 3.8) is 0 Å². The van der Waals surface area contributed by atoms with Crippen molar-refractivity contribution >= 4 is 39.1 Å². The van der Waals surface area contributed by atoms with E-state index >= 15 is 0 Å². The van der Waals surface area contributed by atoms with Crippen molar-refractivity contribution in [1.82, 2.24) is 10.2 Å². The SMILES string of the molecule is CC[C@@H](C)NC(=O)[C@H](C)N(Cc1ccc(Cl)cc1)C(=O)CN(c1cccc(C)c1C)S(C)(=O)=O. The van der Waals surface area contributed by atoms with Gasteiger partial charge in [-0.1, -0.05) is 42.8 Å². The molecule has 0 aromatic heterocycles. The normalized spacial score (nSPS) is 13.1. The third kappa shape index (κ3) is 7.21. The first-order valence-corrected chi connectivity index (χ1v) is 13.5. The molecule has 9 heteroatoms. The van der Waals surface area contributed by atoms with Gasteiger partial charge in [-0.25, -0.2) is 8.42 Å². The summed E-state index contributed by atoms with van der Waals surface area (Å²) in [6.45, 7) is 8.92.